The van der Waals surface area contributed by atoms with E-state index in [2.05, 4.69) is 60.0 Å². The van der Waals surface area contributed by atoms with Crippen molar-refractivity contribution in [1.29, 1.82) is 0 Å². The number of aliphatic hydroxyl groups excluding tert-OH is 1. The molecule has 0 amide bonds. The van der Waals surface area contributed by atoms with E-state index in [4.69, 9.17) is 9.97 Å². The standard InChI is InChI=1S/C26H32N4O/c1-19-9-7-8-12-23(19)17-24-21(3)27-25(22-10-5-4-6-11-22)28-26(24)30-15-13-29(14-16-30)18-20(2)31/h4-12,20,31H,13-18H2,1-3H3/t20-/m1/s1. The SMILES string of the molecule is Cc1ccccc1Cc1c(C)nc(-c2ccccc2)nc1N1CCN(C[C@@H](C)O)CC1. The number of piperazine rings is 1. The van der Waals surface area contributed by atoms with Crippen LogP contribution in [0.2, 0.25) is 0 Å². The molecule has 2 aromatic carbocycles. The lowest BCUT2D eigenvalue weighted by molar-refractivity contribution is 0.122. The average Bonchev–Trinajstić information content (AvgIpc) is 2.77. The molecule has 4 rings (SSSR count). The molecular weight excluding hydrogens is 384 g/mol. The van der Waals surface area contributed by atoms with E-state index in [1.165, 1.54) is 16.7 Å². The van der Waals surface area contributed by atoms with Crippen LogP contribution in [0.1, 0.15) is 29.3 Å². The smallest absolute Gasteiger partial charge is 0.161 e. The largest absolute Gasteiger partial charge is 0.392 e. The van der Waals surface area contributed by atoms with Gasteiger partial charge in [-0.1, -0.05) is 54.6 Å². The summed E-state index contributed by atoms with van der Waals surface area (Å²) in [6, 6.07) is 18.8. The molecule has 2 heterocycles. The molecule has 1 aliphatic rings. The molecule has 1 saturated heterocycles. The Bertz CT molecular complexity index is 1010. The monoisotopic (exact) mass is 416 g/mol. The first-order valence-corrected chi connectivity index (χ1v) is 11.1. The summed E-state index contributed by atoms with van der Waals surface area (Å²) in [6.45, 7) is 10.5. The third-order valence-corrected chi connectivity index (χ3v) is 6.05. The van der Waals surface area contributed by atoms with Crippen molar-refractivity contribution in [3.05, 3.63) is 77.0 Å². The number of β-amino-alcohol motifs (C(OH)–C–C–N with tert-alkyl or cyclic N) is 1. The van der Waals surface area contributed by atoms with Crippen LogP contribution >= 0.6 is 0 Å². The number of aromatic nitrogens is 2. The molecule has 162 valence electrons. The van der Waals surface area contributed by atoms with Crippen LogP contribution in [0, 0.1) is 13.8 Å². The van der Waals surface area contributed by atoms with Gasteiger partial charge >= 0.3 is 0 Å². The third kappa shape index (κ3) is 5.12. The Balaban J connectivity index is 1.70. The highest BCUT2D eigenvalue weighted by Crippen LogP contribution is 2.29. The maximum Gasteiger partial charge on any atom is 0.161 e. The second-order valence-electron chi connectivity index (χ2n) is 8.54. The van der Waals surface area contributed by atoms with Crippen LogP contribution in [0.3, 0.4) is 0 Å². The zero-order valence-corrected chi connectivity index (χ0v) is 18.8. The van der Waals surface area contributed by atoms with E-state index in [1.54, 1.807) is 0 Å². The predicted molar refractivity (Wildman–Crippen MR) is 127 cm³/mol. The maximum absolute atomic E-state index is 9.74. The first-order valence-electron chi connectivity index (χ1n) is 11.1. The Morgan fingerprint density at radius 1 is 0.903 bits per heavy atom. The summed E-state index contributed by atoms with van der Waals surface area (Å²) in [5.74, 6) is 1.83. The minimum Gasteiger partial charge on any atom is -0.392 e. The molecule has 1 aliphatic heterocycles. The summed E-state index contributed by atoms with van der Waals surface area (Å²) in [5.41, 5.74) is 5.90. The summed E-state index contributed by atoms with van der Waals surface area (Å²) in [5, 5.41) is 9.74. The highest BCUT2D eigenvalue weighted by molar-refractivity contribution is 5.61. The number of nitrogens with zero attached hydrogens (tertiary/aromatic N) is 4. The van der Waals surface area contributed by atoms with Crippen LogP contribution in [-0.2, 0) is 6.42 Å². The quantitative estimate of drug-likeness (QED) is 0.661. The molecule has 0 unspecified atom stereocenters. The molecule has 3 aromatic rings. The van der Waals surface area contributed by atoms with Gasteiger partial charge in [0.1, 0.15) is 5.82 Å². The van der Waals surface area contributed by atoms with Crippen molar-refractivity contribution in [3.63, 3.8) is 0 Å². The Morgan fingerprint density at radius 2 is 1.58 bits per heavy atom. The Kier molecular flexibility index (Phi) is 6.64. The highest BCUT2D eigenvalue weighted by atomic mass is 16.3. The number of benzene rings is 2. The summed E-state index contributed by atoms with van der Waals surface area (Å²) < 4.78 is 0. The van der Waals surface area contributed by atoms with Gasteiger partial charge in [-0.25, -0.2) is 9.97 Å². The number of hydrogen-bond donors (Lipinski definition) is 1. The summed E-state index contributed by atoms with van der Waals surface area (Å²) in [4.78, 5) is 14.7. The fraction of sp³-hybridized carbons (Fsp3) is 0.385. The van der Waals surface area contributed by atoms with E-state index in [-0.39, 0.29) is 6.10 Å². The van der Waals surface area contributed by atoms with Crippen molar-refractivity contribution in [2.75, 3.05) is 37.6 Å². The lowest BCUT2D eigenvalue weighted by Gasteiger charge is -2.37. The molecule has 0 spiro atoms. The van der Waals surface area contributed by atoms with Crippen molar-refractivity contribution >= 4 is 5.82 Å². The van der Waals surface area contributed by atoms with Gasteiger partial charge in [-0.05, 0) is 31.9 Å². The van der Waals surface area contributed by atoms with Crippen LogP contribution in [-0.4, -0.2) is 58.8 Å². The average molecular weight is 417 g/mol. The molecule has 5 nitrogen and oxygen atoms in total. The van der Waals surface area contributed by atoms with Gasteiger partial charge < -0.3 is 10.0 Å². The third-order valence-electron chi connectivity index (χ3n) is 6.05. The Hall–Kier alpha value is -2.76. The van der Waals surface area contributed by atoms with Crippen LogP contribution in [0.15, 0.2) is 54.6 Å². The molecule has 5 heteroatoms. The molecule has 0 bridgehead atoms. The van der Waals surface area contributed by atoms with Crippen LogP contribution in [0.5, 0.6) is 0 Å². The molecule has 0 saturated carbocycles. The molecule has 31 heavy (non-hydrogen) atoms. The predicted octanol–water partition coefficient (Wildman–Crippen LogP) is 3.85. The van der Waals surface area contributed by atoms with Crippen LogP contribution in [0.4, 0.5) is 5.82 Å². The fourth-order valence-corrected chi connectivity index (χ4v) is 4.28. The molecule has 1 aromatic heterocycles. The van der Waals surface area contributed by atoms with Gasteiger partial charge in [0.05, 0.1) is 6.10 Å². The van der Waals surface area contributed by atoms with Crippen LogP contribution < -0.4 is 4.90 Å². The zero-order valence-electron chi connectivity index (χ0n) is 18.8. The molecule has 0 aliphatic carbocycles. The molecule has 1 atom stereocenters. The summed E-state index contributed by atoms with van der Waals surface area (Å²) in [7, 11) is 0. The van der Waals surface area contributed by atoms with Crippen molar-refractivity contribution in [1.82, 2.24) is 14.9 Å². The summed E-state index contributed by atoms with van der Waals surface area (Å²) >= 11 is 0. The first-order chi connectivity index (χ1) is 15.0. The van der Waals surface area contributed by atoms with Crippen molar-refractivity contribution in [3.8, 4) is 11.4 Å². The Morgan fingerprint density at radius 3 is 2.26 bits per heavy atom. The number of aliphatic hydroxyl groups is 1. The number of rotatable bonds is 6. The van der Waals surface area contributed by atoms with E-state index in [9.17, 15) is 5.11 Å². The number of anilines is 1. The minimum atomic E-state index is -0.297. The van der Waals surface area contributed by atoms with E-state index in [0.717, 1.165) is 62.0 Å². The van der Waals surface area contributed by atoms with Gasteiger partial charge in [-0.2, -0.15) is 0 Å². The normalized spacial score (nSPS) is 15.8. The van der Waals surface area contributed by atoms with Gasteiger partial charge in [0.2, 0.25) is 0 Å². The topological polar surface area (TPSA) is 52.5 Å². The first kappa shape index (κ1) is 21.5. The van der Waals surface area contributed by atoms with Crippen molar-refractivity contribution < 1.29 is 5.11 Å². The molecule has 1 fully saturated rings. The van der Waals surface area contributed by atoms with Gasteiger partial charge in [0.15, 0.2) is 5.82 Å². The number of aryl methyl sites for hydroxylation is 2. The second-order valence-corrected chi connectivity index (χ2v) is 8.54. The fourth-order valence-electron chi connectivity index (χ4n) is 4.28. The molecular formula is C26H32N4O. The van der Waals surface area contributed by atoms with Gasteiger partial charge in [-0.15, -0.1) is 0 Å². The minimum absolute atomic E-state index is 0.297. The second kappa shape index (κ2) is 9.58. The lowest BCUT2D eigenvalue weighted by atomic mass is 9.99. The zero-order chi connectivity index (χ0) is 21.8. The molecule has 0 radical (unpaired) electrons. The van der Waals surface area contributed by atoms with E-state index in [0.29, 0.717) is 0 Å². The number of hydrogen-bond acceptors (Lipinski definition) is 5. The van der Waals surface area contributed by atoms with E-state index in [1.807, 2.05) is 25.1 Å². The van der Waals surface area contributed by atoms with E-state index >= 15 is 0 Å². The Labute approximate surface area is 185 Å². The highest BCUT2D eigenvalue weighted by Gasteiger charge is 2.24. The summed E-state index contributed by atoms with van der Waals surface area (Å²) in [6.07, 6.45) is 0.533. The van der Waals surface area contributed by atoms with Crippen molar-refractivity contribution in [2.24, 2.45) is 0 Å². The van der Waals surface area contributed by atoms with Gasteiger partial charge in [-0.3, -0.25) is 4.90 Å². The van der Waals surface area contributed by atoms with Crippen molar-refractivity contribution in [2.45, 2.75) is 33.3 Å². The van der Waals surface area contributed by atoms with E-state index < -0.39 is 0 Å². The molecule has 1 N–H and O–H groups in total. The van der Waals surface area contributed by atoms with Gasteiger partial charge in [0.25, 0.3) is 0 Å². The van der Waals surface area contributed by atoms with Crippen LogP contribution in [0.25, 0.3) is 11.4 Å². The van der Waals surface area contributed by atoms with Gasteiger partial charge in [0, 0.05) is 56.0 Å². The lowest BCUT2D eigenvalue weighted by Crippen LogP contribution is -2.48. The maximum atomic E-state index is 9.74.